The number of nitrogens with two attached hydrogens (primary N) is 1. The van der Waals surface area contributed by atoms with Crippen molar-refractivity contribution in [3.05, 3.63) is 59.8 Å². The summed E-state index contributed by atoms with van der Waals surface area (Å²) in [7, 11) is 4.75. The van der Waals surface area contributed by atoms with Crippen LogP contribution in [0.5, 0.6) is 0 Å². The molecule has 2 aromatic rings. The largest absolute Gasteiger partial charge is 0.363 e. The Morgan fingerprint density at radius 1 is 1.22 bits per heavy atom. The fourth-order valence-electron chi connectivity index (χ4n) is 2.26. The van der Waals surface area contributed by atoms with E-state index in [2.05, 4.69) is 35.2 Å². The molecule has 0 aliphatic carbocycles. The molecule has 1 fully saturated rings. The third-order valence-corrected chi connectivity index (χ3v) is 6.92. The lowest BCUT2D eigenvalue weighted by Crippen LogP contribution is -2.32. The molecular formula is C21H30N4O4S3. The highest BCUT2D eigenvalue weighted by Gasteiger charge is 2.33. The number of thiol groups is 1. The molecule has 1 aliphatic rings. The predicted octanol–water partition coefficient (Wildman–Crippen LogP) is 4.07. The van der Waals surface area contributed by atoms with Crippen LogP contribution in [0.4, 0.5) is 0 Å². The first-order valence-corrected chi connectivity index (χ1v) is 12.5. The third-order valence-electron chi connectivity index (χ3n) is 3.87. The van der Waals surface area contributed by atoms with E-state index in [-0.39, 0.29) is 25.1 Å². The van der Waals surface area contributed by atoms with E-state index in [9.17, 15) is 14.4 Å². The smallest absolute Gasteiger partial charge is 0.333 e. The van der Waals surface area contributed by atoms with E-state index < -0.39 is 17.8 Å². The summed E-state index contributed by atoms with van der Waals surface area (Å²) in [6, 6.07) is 12.7. The Hall–Kier alpha value is -2.05. The number of carbonyl (C=O) groups excluding carboxylic acids is 3. The highest BCUT2D eigenvalue weighted by molar-refractivity contribution is 8.76. The fraction of sp³-hybridized carbons (Fsp3) is 0.333. The van der Waals surface area contributed by atoms with Gasteiger partial charge in [-0.15, -0.1) is 5.06 Å². The van der Waals surface area contributed by atoms with Crippen molar-refractivity contribution >= 4 is 52.2 Å². The molecule has 11 heteroatoms. The van der Waals surface area contributed by atoms with Crippen LogP contribution in [-0.2, 0) is 14.4 Å². The van der Waals surface area contributed by atoms with E-state index in [0.29, 0.717) is 5.06 Å². The number of hydrogen-bond donors (Lipinski definition) is 3. The zero-order valence-corrected chi connectivity index (χ0v) is 20.7. The average molecular weight is 499 g/mol. The van der Waals surface area contributed by atoms with Gasteiger partial charge in [0.15, 0.2) is 0 Å². The van der Waals surface area contributed by atoms with Crippen LogP contribution in [0.15, 0.2) is 53.7 Å². The summed E-state index contributed by atoms with van der Waals surface area (Å²) in [4.78, 5) is 44.3. The molecule has 1 aromatic heterocycles. The van der Waals surface area contributed by atoms with Crippen molar-refractivity contribution in [2.75, 3.05) is 13.6 Å². The third kappa shape index (κ3) is 9.21. The second kappa shape index (κ2) is 15.7. The Morgan fingerprint density at radius 3 is 2.31 bits per heavy atom. The number of pyridine rings is 1. The van der Waals surface area contributed by atoms with Crippen molar-refractivity contribution in [3.8, 4) is 0 Å². The molecule has 1 atom stereocenters. The van der Waals surface area contributed by atoms with Gasteiger partial charge in [-0.25, -0.2) is 9.78 Å². The molecule has 0 spiro atoms. The van der Waals surface area contributed by atoms with Crippen molar-refractivity contribution in [3.63, 3.8) is 0 Å². The van der Waals surface area contributed by atoms with Crippen molar-refractivity contribution in [2.24, 2.45) is 5.73 Å². The maximum absolute atomic E-state index is 12.1. The van der Waals surface area contributed by atoms with Gasteiger partial charge in [-0.1, -0.05) is 48.7 Å². The molecule has 8 nitrogen and oxygen atoms in total. The van der Waals surface area contributed by atoms with Crippen LogP contribution >= 0.6 is 34.4 Å². The number of nitrogens with one attached hydrogen (secondary N) is 1. The molecule has 0 saturated carbocycles. The van der Waals surface area contributed by atoms with Gasteiger partial charge in [0.2, 0.25) is 0 Å². The van der Waals surface area contributed by atoms with E-state index >= 15 is 0 Å². The quantitative estimate of drug-likeness (QED) is 0.295. The van der Waals surface area contributed by atoms with E-state index in [1.165, 1.54) is 7.05 Å². The van der Waals surface area contributed by atoms with Gasteiger partial charge >= 0.3 is 5.97 Å². The SMILES string of the molecule is CC(SSc1ccccn1)c1ccc(C(=O)ON2C(=O)CCC2=O)cc1.CCNS.CN.[HH]. The minimum Gasteiger partial charge on any atom is -0.333 e. The lowest BCUT2D eigenvalue weighted by molar-refractivity contribution is -0.172. The zero-order chi connectivity index (χ0) is 23.9. The Bertz CT molecular complexity index is 842. The number of hydrogen-bond acceptors (Lipinski definition) is 10. The van der Waals surface area contributed by atoms with Gasteiger partial charge in [-0.3, -0.25) is 14.3 Å². The fourth-order valence-corrected chi connectivity index (χ4v) is 4.36. The van der Waals surface area contributed by atoms with Gasteiger partial charge in [0.1, 0.15) is 5.03 Å². The molecule has 2 amide bonds. The van der Waals surface area contributed by atoms with Crippen molar-refractivity contribution in [2.45, 2.75) is 37.0 Å². The standard InChI is InChI=1S/C18H16N2O4S2.C2H7NS.CH5N.H2/c1-12(25-26-15-4-2-3-11-19-15)13-5-7-14(8-6-13)18(23)24-20-16(21)9-10-17(20)22;1-2-3-4;1-2;/h2-8,11-12H,9-10H2,1H3;3-4H,2H2,1H3;2H2,1H3;1H. The number of amides is 2. The number of rotatable bonds is 7. The molecule has 2 heterocycles. The molecule has 1 unspecified atom stereocenters. The topological polar surface area (TPSA) is 115 Å². The van der Waals surface area contributed by atoms with Crippen LogP contribution in [0.2, 0.25) is 0 Å². The van der Waals surface area contributed by atoms with E-state index in [1.807, 2.05) is 37.3 Å². The Kier molecular flexibility index (Phi) is 13.7. The van der Waals surface area contributed by atoms with Gasteiger partial charge in [0, 0.05) is 32.3 Å². The normalized spacial score (nSPS) is 13.5. The van der Waals surface area contributed by atoms with E-state index in [4.69, 9.17) is 4.84 Å². The van der Waals surface area contributed by atoms with Crippen molar-refractivity contribution in [1.82, 2.24) is 14.8 Å². The molecule has 3 N–H and O–H groups in total. The first kappa shape index (κ1) is 28.0. The minimum atomic E-state index is -0.719. The maximum atomic E-state index is 12.1. The van der Waals surface area contributed by atoms with Gasteiger partial charge in [-0.2, -0.15) is 0 Å². The summed E-state index contributed by atoms with van der Waals surface area (Å²) in [5.74, 6) is -1.70. The minimum absolute atomic E-state index is 0. The van der Waals surface area contributed by atoms with Crippen molar-refractivity contribution < 1.29 is 20.6 Å². The highest BCUT2D eigenvalue weighted by atomic mass is 33.1. The molecule has 176 valence electrons. The van der Waals surface area contributed by atoms with Crippen LogP contribution in [0, 0.1) is 0 Å². The lowest BCUT2D eigenvalue weighted by atomic mass is 10.1. The molecular weight excluding hydrogens is 468 g/mol. The summed E-state index contributed by atoms with van der Waals surface area (Å²) in [6.45, 7) is 4.99. The maximum Gasteiger partial charge on any atom is 0.363 e. The summed E-state index contributed by atoms with van der Waals surface area (Å²) in [5, 5.41) is 1.68. The Labute approximate surface area is 203 Å². The number of carbonyl (C=O) groups is 3. The Morgan fingerprint density at radius 2 is 1.81 bits per heavy atom. The predicted molar refractivity (Wildman–Crippen MR) is 134 cm³/mol. The van der Waals surface area contributed by atoms with Crippen LogP contribution in [-0.4, -0.2) is 41.4 Å². The van der Waals surface area contributed by atoms with Crippen LogP contribution in [0.1, 0.15) is 49.3 Å². The van der Waals surface area contributed by atoms with Gasteiger partial charge in [-0.05, 0) is 54.6 Å². The van der Waals surface area contributed by atoms with Crippen LogP contribution in [0.25, 0.3) is 0 Å². The molecule has 0 bridgehead atoms. The number of aromatic nitrogens is 1. The first-order valence-electron chi connectivity index (χ1n) is 9.83. The molecule has 1 aromatic carbocycles. The van der Waals surface area contributed by atoms with E-state index in [1.54, 1.807) is 39.9 Å². The Balaban J connectivity index is 0.00000132. The molecule has 3 rings (SSSR count). The number of benzene rings is 1. The highest BCUT2D eigenvalue weighted by Crippen LogP contribution is 2.41. The van der Waals surface area contributed by atoms with Crippen LogP contribution in [0.3, 0.4) is 0 Å². The first-order chi connectivity index (χ1) is 15.5. The number of hydroxylamine groups is 2. The lowest BCUT2D eigenvalue weighted by Gasteiger charge is -2.13. The summed E-state index contributed by atoms with van der Waals surface area (Å²) < 4.78 is 2.62. The number of imide groups is 1. The second-order valence-electron chi connectivity index (χ2n) is 6.08. The number of nitrogens with zero attached hydrogens (tertiary/aromatic N) is 2. The van der Waals surface area contributed by atoms with Gasteiger partial charge in [0.25, 0.3) is 11.8 Å². The van der Waals surface area contributed by atoms with Crippen molar-refractivity contribution in [1.29, 1.82) is 0 Å². The van der Waals surface area contributed by atoms with Gasteiger partial charge in [0.05, 0.1) is 5.56 Å². The molecule has 1 saturated heterocycles. The van der Waals surface area contributed by atoms with Crippen LogP contribution < -0.4 is 10.5 Å². The molecule has 32 heavy (non-hydrogen) atoms. The zero-order valence-electron chi connectivity index (χ0n) is 18.2. The molecule has 0 radical (unpaired) electrons. The summed E-state index contributed by atoms with van der Waals surface area (Å²) >= 11 is 3.67. The second-order valence-corrected chi connectivity index (χ2v) is 8.96. The van der Waals surface area contributed by atoms with E-state index in [0.717, 1.165) is 17.1 Å². The monoisotopic (exact) mass is 498 g/mol. The average Bonchev–Trinajstić information content (AvgIpc) is 3.16. The summed E-state index contributed by atoms with van der Waals surface area (Å²) in [6.07, 6.45) is 1.91. The molecule has 1 aliphatic heterocycles. The van der Waals surface area contributed by atoms with Gasteiger partial charge < -0.3 is 10.6 Å². The summed E-state index contributed by atoms with van der Waals surface area (Å²) in [5.41, 5.74) is 5.83.